The van der Waals surface area contributed by atoms with E-state index in [2.05, 4.69) is 52.6 Å². The van der Waals surface area contributed by atoms with Crippen molar-refractivity contribution in [3.05, 3.63) is 227 Å². The summed E-state index contributed by atoms with van der Waals surface area (Å²) in [5.41, 5.74) is -1.75. The van der Waals surface area contributed by atoms with Crippen LogP contribution in [0.2, 0.25) is 0 Å². The van der Waals surface area contributed by atoms with Gasteiger partial charge in [-0.05, 0) is 188 Å². The van der Waals surface area contributed by atoms with Gasteiger partial charge in [-0.25, -0.2) is 12.8 Å². The van der Waals surface area contributed by atoms with Crippen molar-refractivity contribution in [1.82, 2.24) is 42.5 Å². The van der Waals surface area contributed by atoms with E-state index in [9.17, 15) is 128 Å². The second-order valence-electron chi connectivity index (χ2n) is 24.9. The molecule has 0 bridgehead atoms. The molecule has 0 radical (unpaired) electrons. The molecular formula is C79H81BrF7N19O21S. The first-order valence-electron chi connectivity index (χ1n) is 34.4. The summed E-state index contributed by atoms with van der Waals surface area (Å²) in [4.78, 5) is 101. The van der Waals surface area contributed by atoms with Gasteiger partial charge in [0.15, 0.2) is 9.84 Å². The summed E-state index contributed by atoms with van der Waals surface area (Å²) in [5, 5.41) is 176. The number of hydrogen-bond acceptors (Lipinski definition) is 31. The number of carbonyl (C=O) groups is 8. The van der Waals surface area contributed by atoms with Gasteiger partial charge in [0.2, 0.25) is 0 Å². The van der Waals surface area contributed by atoms with Crippen molar-refractivity contribution in [3.63, 3.8) is 0 Å². The van der Waals surface area contributed by atoms with Crippen LogP contribution in [-0.4, -0.2) is 161 Å². The van der Waals surface area contributed by atoms with E-state index in [4.69, 9.17) is 53.8 Å². The number of phenols is 8. The summed E-state index contributed by atoms with van der Waals surface area (Å²) in [6.45, 7) is 10.9. The Kier molecular flexibility index (Phi) is 44.7. The van der Waals surface area contributed by atoms with Crippen LogP contribution in [0.15, 0.2) is 155 Å². The Morgan fingerprint density at radius 2 is 0.719 bits per heavy atom. The number of carbonyl (C=O) groups excluding carboxylic acids is 8. The molecule has 0 aliphatic rings. The Hall–Kier alpha value is -16.6. The maximum absolute atomic E-state index is 12.7. The van der Waals surface area contributed by atoms with Crippen molar-refractivity contribution in [1.29, 1.82) is 53.8 Å². The number of nitrogens with zero attached hydrogens (tertiary/aromatic N) is 3. The Morgan fingerprint density at radius 1 is 0.422 bits per heavy atom. The van der Waals surface area contributed by atoms with Gasteiger partial charge in [0, 0.05) is 22.9 Å². The van der Waals surface area contributed by atoms with E-state index >= 15 is 0 Å². The minimum absolute atomic E-state index is 0. The van der Waals surface area contributed by atoms with Gasteiger partial charge in [0.1, 0.15) is 57.6 Å². The van der Waals surface area contributed by atoms with Crippen molar-refractivity contribution in [3.8, 4) is 63.9 Å². The number of amides is 8. The van der Waals surface area contributed by atoms with Crippen LogP contribution < -0.4 is 47.3 Å². The highest BCUT2D eigenvalue weighted by Gasteiger charge is 2.33. The SMILES string of the molecule is C.CC(=N)NC(=O)c1cc(Br)ccc1O.CC(=N)NC(=O)c1cc(C#N)ccc1O.CC(=N)NC(=O)c1cc(C(F)(F)F)ccc1O.CC(=N)NC(=O)c1cc(CC#N)ccc1O.CC(=N)NC(=O)c1cc(F)ccc1O.CC(=N)NC(=O)c1cc(OC(F)(F)F)ccc1O.CC(=N)NC(=O)c1cc(S(C)(=O)=O)ccc1O.CC(=N)NC(=O)c1cc([N+](=O)[O-])ccc1O. The Balaban J connectivity index is 0.00000144. The minimum atomic E-state index is -4.89. The molecule has 0 aliphatic heterocycles. The standard InChI is InChI=1S/C11H11N3O2.C10H9F3N2O3.C10H9F3N2O2.C10H9N3O2.C10H12N2O4S.C9H9BrN2O2.C9H9FN2O2.C9H9N3O4.CH4/c1-7(13)14-11(16)9-6-8(4-5-12)2-3-10(9)15;1-5(14)15-9(17)7-4-6(2-3-8(7)16)18-10(11,12)13;1-5(14)15-9(17)7-4-6(10(11,12)13)2-3-8(7)16;1-6(12)13-10(15)8-4-7(5-11)2-3-9(8)14;1-6(11)12-10(14)8-5-7(17(2,15)16)3-4-9(8)13;2*1-5(11)12-9(14)7-4-6(10)2-3-8(7)13;1-5(10)11-9(14)7-4-6(12(15)16)2-3-8(7)13;/h2-3,6,15H,4H2,1H3,(H2,13,14,16);2-4,16H,1H3,(H2,14,15,17);2-4,16H,1H3,(H2,14,15,17);2-4,14H,1H3,(H2,12,13,15);3-5,13H,1-2H3,(H2,11,12,14);2*2-4,13H,1H3,(H2,11,12,14);2-4,13H,1H3,(H2,10,11,14);1H4. The van der Waals surface area contributed by atoms with Crippen molar-refractivity contribution < 1.29 is 128 Å². The fraction of sp³-hybridized carbons (Fsp3) is 0.165. The number of sulfone groups is 1. The normalized spacial score (nSPS) is 9.96. The van der Waals surface area contributed by atoms with E-state index in [-0.39, 0.29) is 145 Å². The number of nitrogens with one attached hydrogen (secondary N) is 16. The van der Waals surface area contributed by atoms with Gasteiger partial charge in [-0.1, -0.05) is 29.4 Å². The number of ether oxygens (including phenoxy) is 1. The first-order chi connectivity index (χ1) is 58.6. The summed E-state index contributed by atoms with van der Waals surface area (Å²) >= 11 is 3.19. The van der Waals surface area contributed by atoms with Gasteiger partial charge in [0.25, 0.3) is 52.9 Å². The predicted octanol–water partition coefficient (Wildman–Crippen LogP) is 11.7. The molecule has 0 saturated carbocycles. The summed E-state index contributed by atoms with van der Waals surface area (Å²) in [7, 11) is -3.45. The first-order valence-corrected chi connectivity index (χ1v) is 37.1. The fourth-order valence-electron chi connectivity index (χ4n) is 8.57. The maximum atomic E-state index is 12.7. The van der Waals surface area contributed by atoms with Gasteiger partial charge in [0.05, 0.1) is 131 Å². The zero-order chi connectivity index (χ0) is 97.6. The molecule has 8 aromatic rings. The molecule has 0 aliphatic carbocycles. The lowest BCUT2D eigenvalue weighted by Crippen LogP contribution is -2.27. The third-order valence-electron chi connectivity index (χ3n) is 13.9. The van der Waals surface area contributed by atoms with Crippen LogP contribution in [0.5, 0.6) is 51.7 Å². The Labute approximate surface area is 730 Å². The minimum Gasteiger partial charge on any atom is -0.507 e. The number of rotatable bonds is 12. The van der Waals surface area contributed by atoms with Crippen LogP contribution in [0.25, 0.3) is 0 Å². The van der Waals surface area contributed by atoms with E-state index < -0.39 is 114 Å². The Bertz CT molecular complexity index is 5750. The third kappa shape index (κ3) is 40.8. The van der Waals surface area contributed by atoms with Gasteiger partial charge in [-0.3, -0.25) is 91.7 Å². The van der Waals surface area contributed by atoms with Crippen LogP contribution >= 0.6 is 15.9 Å². The molecular weight excluding hydrogens is 1800 g/mol. The number of halogens is 8. The molecule has 8 aromatic carbocycles. The van der Waals surface area contributed by atoms with Crippen LogP contribution in [0.1, 0.15) is 162 Å². The highest BCUT2D eigenvalue weighted by Crippen LogP contribution is 2.33. The second kappa shape index (κ2) is 51.4. The monoisotopic (exact) mass is 1880 g/mol. The summed E-state index contributed by atoms with van der Waals surface area (Å²) in [6.07, 6.45) is -8.31. The lowest BCUT2D eigenvalue weighted by molar-refractivity contribution is -0.384. The highest BCUT2D eigenvalue weighted by molar-refractivity contribution is 9.10. The molecule has 0 atom stereocenters. The summed E-state index contributed by atoms with van der Waals surface area (Å²) < 4.78 is 113. The first kappa shape index (κ1) is 111. The maximum Gasteiger partial charge on any atom is 0.573 e. The largest absolute Gasteiger partial charge is 0.573 e. The van der Waals surface area contributed by atoms with Gasteiger partial charge in [-0.2, -0.15) is 23.7 Å². The Morgan fingerprint density at radius 3 is 1.07 bits per heavy atom. The van der Waals surface area contributed by atoms with Crippen LogP contribution in [0, 0.1) is 81.9 Å². The highest BCUT2D eigenvalue weighted by atomic mass is 79.9. The van der Waals surface area contributed by atoms with Crippen molar-refractivity contribution in [2.45, 2.75) is 86.7 Å². The fourth-order valence-corrected chi connectivity index (χ4v) is 9.58. The number of aromatic hydroxyl groups is 8. The van der Waals surface area contributed by atoms with E-state index in [1.807, 2.05) is 22.8 Å². The van der Waals surface area contributed by atoms with Gasteiger partial charge in [-0.15, -0.1) is 13.2 Å². The molecule has 8 rings (SSSR count). The molecule has 0 heterocycles. The molecule has 24 N–H and O–H groups in total. The van der Waals surface area contributed by atoms with Gasteiger partial charge < -0.3 is 88.1 Å². The summed E-state index contributed by atoms with van der Waals surface area (Å²) in [5.74, 6) is -10.2. The number of non-ortho nitro benzene ring substituents is 1. The number of nitro benzene ring substituents is 1. The lowest BCUT2D eigenvalue weighted by Gasteiger charge is -2.11. The quantitative estimate of drug-likeness (QED) is 0.0178. The summed E-state index contributed by atoms with van der Waals surface area (Å²) in [6, 6.07) is 30.7. The average molecular weight is 1880 g/mol. The number of nitro groups is 1. The van der Waals surface area contributed by atoms with Crippen LogP contribution in [0.3, 0.4) is 0 Å². The smallest absolute Gasteiger partial charge is 0.507 e. The second-order valence-corrected chi connectivity index (χ2v) is 27.8. The third-order valence-corrected chi connectivity index (χ3v) is 15.5. The number of amidine groups is 8. The van der Waals surface area contributed by atoms with Crippen molar-refractivity contribution in [2.24, 2.45) is 0 Å². The number of alkyl halides is 6. The van der Waals surface area contributed by atoms with E-state index in [1.165, 1.54) is 104 Å². The lowest BCUT2D eigenvalue weighted by atomic mass is 10.1. The molecule has 680 valence electrons. The van der Waals surface area contributed by atoms with E-state index in [1.54, 1.807) is 12.1 Å². The van der Waals surface area contributed by atoms with Crippen LogP contribution in [-0.2, 0) is 22.4 Å². The van der Waals surface area contributed by atoms with Crippen LogP contribution in [0.4, 0.5) is 36.4 Å². The molecule has 8 amide bonds. The molecule has 0 fully saturated rings. The molecule has 0 aromatic heterocycles. The van der Waals surface area contributed by atoms with Crippen molar-refractivity contribution >= 4 is 125 Å². The zero-order valence-corrected chi connectivity index (χ0v) is 69.6. The topological polar surface area (TPSA) is 720 Å². The van der Waals surface area contributed by atoms with E-state index in [0.29, 0.717) is 22.2 Å². The molecule has 49 heteroatoms. The zero-order valence-electron chi connectivity index (χ0n) is 67.2. The predicted molar refractivity (Wildman–Crippen MR) is 452 cm³/mol. The molecule has 40 nitrogen and oxygen atoms in total. The number of phenolic OH excluding ortho intramolecular Hbond substituents is 8. The van der Waals surface area contributed by atoms with Crippen molar-refractivity contribution in [2.75, 3.05) is 6.26 Å². The average Bonchev–Trinajstić information content (AvgIpc) is 0.821. The number of benzene rings is 8. The van der Waals surface area contributed by atoms with E-state index in [0.717, 1.165) is 79.1 Å². The molecule has 128 heavy (non-hydrogen) atoms. The van der Waals surface area contributed by atoms with Gasteiger partial charge >= 0.3 is 12.5 Å². The molecule has 0 saturated heterocycles. The molecule has 0 spiro atoms. The molecule has 0 unspecified atom stereocenters. The number of hydrogen-bond donors (Lipinski definition) is 24. The number of nitriles is 2.